The number of piperazine rings is 1. The number of anilines is 1. The topological polar surface area (TPSA) is 68.4 Å². The molecule has 1 aromatic rings. The van der Waals surface area contributed by atoms with E-state index >= 15 is 0 Å². The van der Waals surface area contributed by atoms with Crippen LogP contribution in [0.25, 0.3) is 0 Å². The van der Waals surface area contributed by atoms with Crippen molar-refractivity contribution in [3.8, 4) is 0 Å². The molecule has 6 nitrogen and oxygen atoms in total. The number of urea groups is 1. The SMILES string of the molecule is O=C(NC1CCCC1)N1CCN(c2cc[nH]c(=O)c2)CC1. The van der Waals surface area contributed by atoms with Gasteiger partial charge in [0.05, 0.1) is 0 Å². The normalized spacial score (nSPS) is 19.8. The van der Waals surface area contributed by atoms with Crippen LogP contribution in [0.4, 0.5) is 10.5 Å². The van der Waals surface area contributed by atoms with Gasteiger partial charge >= 0.3 is 6.03 Å². The quantitative estimate of drug-likeness (QED) is 0.858. The van der Waals surface area contributed by atoms with Crippen molar-refractivity contribution in [2.24, 2.45) is 0 Å². The molecule has 0 spiro atoms. The summed E-state index contributed by atoms with van der Waals surface area (Å²) < 4.78 is 0. The Hall–Kier alpha value is -1.98. The maximum Gasteiger partial charge on any atom is 0.317 e. The Labute approximate surface area is 124 Å². The first kappa shape index (κ1) is 14.0. The summed E-state index contributed by atoms with van der Waals surface area (Å²) in [7, 11) is 0. The van der Waals surface area contributed by atoms with Crippen molar-refractivity contribution in [1.82, 2.24) is 15.2 Å². The van der Waals surface area contributed by atoms with E-state index in [2.05, 4.69) is 15.2 Å². The molecule has 1 aromatic heterocycles. The van der Waals surface area contributed by atoms with Gasteiger partial charge in [-0.3, -0.25) is 4.79 Å². The molecule has 2 amide bonds. The van der Waals surface area contributed by atoms with Gasteiger partial charge in [-0.2, -0.15) is 0 Å². The van der Waals surface area contributed by atoms with E-state index in [1.54, 1.807) is 12.3 Å². The minimum Gasteiger partial charge on any atom is -0.368 e. The summed E-state index contributed by atoms with van der Waals surface area (Å²) in [6, 6.07) is 3.93. The van der Waals surface area contributed by atoms with Gasteiger partial charge in [-0.05, 0) is 18.9 Å². The Morgan fingerprint density at radius 3 is 2.57 bits per heavy atom. The number of aromatic amines is 1. The number of nitrogens with one attached hydrogen (secondary N) is 2. The monoisotopic (exact) mass is 290 g/mol. The molecule has 3 rings (SSSR count). The van der Waals surface area contributed by atoms with Crippen molar-refractivity contribution in [3.63, 3.8) is 0 Å². The number of H-pyrrole nitrogens is 1. The van der Waals surface area contributed by atoms with Crippen LogP contribution in [-0.4, -0.2) is 48.1 Å². The summed E-state index contributed by atoms with van der Waals surface area (Å²) in [5.74, 6) is 0. The first-order valence-corrected chi connectivity index (χ1v) is 7.71. The number of aromatic nitrogens is 1. The molecule has 2 aliphatic rings. The third kappa shape index (κ3) is 3.37. The van der Waals surface area contributed by atoms with Crippen LogP contribution in [0.3, 0.4) is 0 Å². The Morgan fingerprint density at radius 1 is 1.19 bits per heavy atom. The predicted molar refractivity (Wildman–Crippen MR) is 81.6 cm³/mol. The first-order chi connectivity index (χ1) is 10.2. The van der Waals surface area contributed by atoms with Crippen molar-refractivity contribution in [1.29, 1.82) is 0 Å². The Kier molecular flexibility index (Phi) is 4.13. The highest BCUT2D eigenvalue weighted by Gasteiger charge is 2.24. The third-order valence-corrected chi connectivity index (χ3v) is 4.37. The molecule has 2 fully saturated rings. The van der Waals surface area contributed by atoms with Gasteiger partial charge in [-0.1, -0.05) is 12.8 Å². The van der Waals surface area contributed by atoms with Crippen molar-refractivity contribution in [2.75, 3.05) is 31.1 Å². The molecule has 21 heavy (non-hydrogen) atoms. The number of carbonyl (C=O) groups excluding carboxylic acids is 1. The van der Waals surface area contributed by atoms with Gasteiger partial charge in [0.1, 0.15) is 0 Å². The fourth-order valence-electron chi connectivity index (χ4n) is 3.13. The summed E-state index contributed by atoms with van der Waals surface area (Å²) in [6.45, 7) is 2.93. The highest BCUT2D eigenvalue weighted by Crippen LogP contribution is 2.18. The third-order valence-electron chi connectivity index (χ3n) is 4.37. The minimum atomic E-state index is -0.0890. The molecule has 1 aliphatic carbocycles. The van der Waals surface area contributed by atoms with E-state index < -0.39 is 0 Å². The van der Waals surface area contributed by atoms with Crippen molar-refractivity contribution < 1.29 is 4.79 Å². The van der Waals surface area contributed by atoms with E-state index in [9.17, 15) is 9.59 Å². The van der Waals surface area contributed by atoms with Crippen LogP contribution in [0.2, 0.25) is 0 Å². The van der Waals surface area contributed by atoms with Crippen molar-refractivity contribution in [3.05, 3.63) is 28.7 Å². The zero-order valence-electron chi connectivity index (χ0n) is 12.2. The molecule has 2 heterocycles. The number of amides is 2. The van der Waals surface area contributed by atoms with Crippen LogP contribution in [0.1, 0.15) is 25.7 Å². The van der Waals surface area contributed by atoms with Crippen LogP contribution >= 0.6 is 0 Å². The lowest BCUT2D eigenvalue weighted by atomic mass is 10.2. The smallest absolute Gasteiger partial charge is 0.317 e. The Morgan fingerprint density at radius 2 is 1.90 bits per heavy atom. The van der Waals surface area contributed by atoms with Gasteiger partial charge < -0.3 is 20.1 Å². The fraction of sp³-hybridized carbons (Fsp3) is 0.600. The lowest BCUT2D eigenvalue weighted by Crippen LogP contribution is -2.53. The van der Waals surface area contributed by atoms with E-state index in [1.807, 2.05) is 11.0 Å². The van der Waals surface area contributed by atoms with Gasteiger partial charge in [0, 0.05) is 50.2 Å². The molecule has 114 valence electrons. The average Bonchev–Trinajstić information content (AvgIpc) is 3.00. The summed E-state index contributed by atoms with van der Waals surface area (Å²) in [4.78, 5) is 30.2. The maximum absolute atomic E-state index is 12.2. The summed E-state index contributed by atoms with van der Waals surface area (Å²) in [5, 5.41) is 3.13. The predicted octanol–water partition coefficient (Wildman–Crippen LogP) is 1.15. The standard InChI is InChI=1S/C15H22N4O2/c20-14-11-13(5-6-16-14)18-7-9-19(10-8-18)15(21)17-12-3-1-2-4-12/h5-6,11-12H,1-4,7-10H2,(H,16,20)(H,17,21). The van der Waals surface area contributed by atoms with Gasteiger partial charge in [0.2, 0.25) is 5.56 Å². The van der Waals surface area contributed by atoms with Crippen LogP contribution < -0.4 is 15.8 Å². The van der Waals surface area contributed by atoms with Gasteiger partial charge in [0.15, 0.2) is 0 Å². The first-order valence-electron chi connectivity index (χ1n) is 7.71. The second kappa shape index (κ2) is 6.20. The van der Waals surface area contributed by atoms with E-state index in [1.165, 1.54) is 12.8 Å². The number of rotatable bonds is 2. The largest absolute Gasteiger partial charge is 0.368 e. The van der Waals surface area contributed by atoms with Crippen molar-refractivity contribution >= 4 is 11.7 Å². The molecule has 2 N–H and O–H groups in total. The van der Waals surface area contributed by atoms with Crippen LogP contribution in [-0.2, 0) is 0 Å². The Bertz CT molecular complexity index is 543. The van der Waals surface area contributed by atoms with Gasteiger partial charge in [-0.15, -0.1) is 0 Å². The van der Waals surface area contributed by atoms with Crippen LogP contribution in [0.15, 0.2) is 23.1 Å². The lowest BCUT2D eigenvalue weighted by Gasteiger charge is -2.36. The van der Waals surface area contributed by atoms with Crippen LogP contribution in [0, 0.1) is 0 Å². The number of hydrogen-bond donors (Lipinski definition) is 2. The zero-order chi connectivity index (χ0) is 14.7. The summed E-state index contributed by atoms with van der Waals surface area (Å²) in [5.41, 5.74) is 0.837. The van der Waals surface area contributed by atoms with E-state index in [-0.39, 0.29) is 11.6 Å². The van der Waals surface area contributed by atoms with Gasteiger partial charge in [-0.25, -0.2) is 4.79 Å². The van der Waals surface area contributed by atoms with E-state index in [0.717, 1.165) is 31.6 Å². The molecular weight excluding hydrogens is 268 g/mol. The summed E-state index contributed by atoms with van der Waals surface area (Å²) in [6.07, 6.45) is 6.33. The molecule has 0 unspecified atom stereocenters. The molecule has 0 aromatic carbocycles. The molecule has 0 atom stereocenters. The van der Waals surface area contributed by atoms with E-state index in [4.69, 9.17) is 0 Å². The lowest BCUT2D eigenvalue weighted by molar-refractivity contribution is 0.190. The summed E-state index contributed by atoms with van der Waals surface area (Å²) >= 11 is 0. The molecule has 0 radical (unpaired) electrons. The highest BCUT2D eigenvalue weighted by molar-refractivity contribution is 5.75. The zero-order valence-corrected chi connectivity index (χ0v) is 12.2. The fourth-order valence-corrected chi connectivity index (χ4v) is 3.13. The highest BCUT2D eigenvalue weighted by atomic mass is 16.2. The number of carbonyl (C=O) groups is 1. The average molecular weight is 290 g/mol. The maximum atomic E-state index is 12.2. The number of nitrogens with zero attached hydrogens (tertiary/aromatic N) is 2. The number of hydrogen-bond acceptors (Lipinski definition) is 3. The second-order valence-electron chi connectivity index (χ2n) is 5.82. The minimum absolute atomic E-state index is 0.0625. The van der Waals surface area contributed by atoms with Crippen molar-refractivity contribution in [2.45, 2.75) is 31.7 Å². The van der Waals surface area contributed by atoms with E-state index in [0.29, 0.717) is 19.1 Å². The molecule has 1 saturated heterocycles. The number of pyridine rings is 1. The molecule has 1 aliphatic heterocycles. The molecule has 6 heteroatoms. The molecular formula is C15H22N4O2. The second-order valence-corrected chi connectivity index (χ2v) is 5.82. The molecule has 0 bridgehead atoms. The van der Waals surface area contributed by atoms with Crippen LogP contribution in [0.5, 0.6) is 0 Å². The Balaban J connectivity index is 1.52. The molecule has 1 saturated carbocycles. The van der Waals surface area contributed by atoms with Gasteiger partial charge in [0.25, 0.3) is 0 Å².